The Bertz CT molecular complexity index is 446. The molecule has 0 spiro atoms. The quantitative estimate of drug-likeness (QED) is 0.542. The fourth-order valence-corrected chi connectivity index (χ4v) is 3.51. The molecule has 1 N–H and O–H groups in total. The van der Waals surface area contributed by atoms with E-state index in [4.69, 9.17) is 9.53 Å². The van der Waals surface area contributed by atoms with Crippen molar-refractivity contribution in [2.45, 2.75) is 64.3 Å². The summed E-state index contributed by atoms with van der Waals surface area (Å²) in [5.41, 5.74) is 1.36. The average molecular weight is 321 g/mol. The van der Waals surface area contributed by atoms with E-state index in [1.54, 1.807) is 0 Å². The zero-order chi connectivity index (χ0) is 16.6. The first-order valence-corrected chi connectivity index (χ1v) is 11.1. The van der Waals surface area contributed by atoms with Crippen molar-refractivity contribution >= 4 is 8.32 Å². The molecular formula is C19H32O2Si. The zero-order valence-corrected chi connectivity index (χ0v) is 15.8. The standard InChI is InChI=1S/C19H32O2Si/c1-19(2,3)22(4,5)21-18(13-9-10-16-20)15-14-17-11-7-6-8-12-17/h6-12,18,20H,13-16H2,1-5H3/b10-9+/t18-/m1/s1. The van der Waals surface area contributed by atoms with E-state index < -0.39 is 8.32 Å². The number of aliphatic hydroxyl groups is 1. The van der Waals surface area contributed by atoms with E-state index in [0.717, 1.165) is 19.3 Å². The largest absolute Gasteiger partial charge is 0.414 e. The molecule has 0 bridgehead atoms. The van der Waals surface area contributed by atoms with Crippen LogP contribution in [0.5, 0.6) is 0 Å². The molecule has 22 heavy (non-hydrogen) atoms. The van der Waals surface area contributed by atoms with Crippen LogP contribution in [0.1, 0.15) is 39.2 Å². The third-order valence-corrected chi connectivity index (χ3v) is 9.07. The van der Waals surface area contributed by atoms with E-state index in [9.17, 15) is 0 Å². The Morgan fingerprint density at radius 2 is 1.77 bits per heavy atom. The van der Waals surface area contributed by atoms with Gasteiger partial charge in [0.05, 0.1) is 6.61 Å². The van der Waals surface area contributed by atoms with Crippen molar-refractivity contribution in [1.29, 1.82) is 0 Å². The summed E-state index contributed by atoms with van der Waals surface area (Å²) in [7, 11) is -1.76. The SMILES string of the molecule is CC(C)(C)[Si](C)(C)O[C@H](C/C=C/CO)CCc1ccccc1. The van der Waals surface area contributed by atoms with Crippen LogP contribution in [0, 0.1) is 0 Å². The molecule has 0 aliphatic rings. The molecule has 0 aromatic heterocycles. The van der Waals surface area contributed by atoms with Crippen LogP contribution in [0.2, 0.25) is 18.1 Å². The van der Waals surface area contributed by atoms with Crippen molar-refractivity contribution in [2.24, 2.45) is 0 Å². The van der Waals surface area contributed by atoms with Crippen LogP contribution in [-0.4, -0.2) is 26.1 Å². The van der Waals surface area contributed by atoms with Crippen molar-refractivity contribution in [1.82, 2.24) is 0 Å². The number of hydrogen-bond donors (Lipinski definition) is 1. The Morgan fingerprint density at radius 1 is 1.14 bits per heavy atom. The van der Waals surface area contributed by atoms with Crippen LogP contribution in [0.3, 0.4) is 0 Å². The molecule has 0 unspecified atom stereocenters. The lowest BCUT2D eigenvalue weighted by Crippen LogP contribution is -2.44. The van der Waals surface area contributed by atoms with Gasteiger partial charge >= 0.3 is 0 Å². The maximum Gasteiger partial charge on any atom is 0.192 e. The minimum atomic E-state index is -1.76. The summed E-state index contributed by atoms with van der Waals surface area (Å²) in [5, 5.41) is 9.15. The lowest BCUT2D eigenvalue weighted by Gasteiger charge is -2.39. The highest BCUT2D eigenvalue weighted by molar-refractivity contribution is 6.74. The minimum Gasteiger partial charge on any atom is -0.414 e. The van der Waals surface area contributed by atoms with Gasteiger partial charge in [-0.1, -0.05) is 63.3 Å². The van der Waals surface area contributed by atoms with Gasteiger partial charge in [0.1, 0.15) is 0 Å². The normalized spacial score (nSPS) is 14.5. The van der Waals surface area contributed by atoms with E-state index in [0.29, 0.717) is 0 Å². The molecule has 0 saturated carbocycles. The van der Waals surface area contributed by atoms with Crippen LogP contribution >= 0.6 is 0 Å². The second-order valence-electron chi connectivity index (χ2n) is 7.41. The van der Waals surface area contributed by atoms with Gasteiger partial charge in [0.2, 0.25) is 0 Å². The van der Waals surface area contributed by atoms with Gasteiger partial charge in [-0.15, -0.1) is 0 Å². The predicted octanol–water partition coefficient (Wildman–Crippen LogP) is 4.95. The molecule has 0 heterocycles. The number of aryl methyl sites for hydroxylation is 1. The molecule has 1 aromatic carbocycles. The fraction of sp³-hybridized carbons (Fsp3) is 0.579. The fourth-order valence-electron chi connectivity index (χ4n) is 2.11. The lowest BCUT2D eigenvalue weighted by atomic mass is 10.1. The molecule has 0 radical (unpaired) electrons. The molecule has 3 heteroatoms. The molecule has 1 aromatic rings. The molecule has 2 nitrogen and oxygen atoms in total. The van der Waals surface area contributed by atoms with Gasteiger partial charge in [-0.25, -0.2) is 0 Å². The summed E-state index contributed by atoms with van der Waals surface area (Å²) in [6, 6.07) is 10.6. The van der Waals surface area contributed by atoms with Crippen LogP contribution in [0.4, 0.5) is 0 Å². The van der Waals surface area contributed by atoms with Gasteiger partial charge < -0.3 is 9.53 Å². The molecule has 0 aliphatic heterocycles. The van der Waals surface area contributed by atoms with Gasteiger partial charge in [-0.2, -0.15) is 0 Å². The van der Waals surface area contributed by atoms with Gasteiger partial charge in [-0.05, 0) is 43.0 Å². The second kappa shape index (κ2) is 8.66. The van der Waals surface area contributed by atoms with Crippen molar-refractivity contribution in [3.8, 4) is 0 Å². The van der Waals surface area contributed by atoms with Gasteiger partial charge in [0.15, 0.2) is 8.32 Å². The summed E-state index contributed by atoms with van der Waals surface area (Å²) in [6.07, 6.45) is 7.01. The highest BCUT2D eigenvalue weighted by Crippen LogP contribution is 2.38. The maximum atomic E-state index is 8.93. The van der Waals surface area contributed by atoms with Crippen molar-refractivity contribution < 1.29 is 9.53 Å². The molecule has 0 amide bonds. The lowest BCUT2D eigenvalue weighted by molar-refractivity contribution is 0.173. The van der Waals surface area contributed by atoms with E-state index in [1.165, 1.54) is 5.56 Å². The number of aliphatic hydroxyl groups excluding tert-OH is 1. The average Bonchev–Trinajstić information content (AvgIpc) is 2.44. The summed E-state index contributed by atoms with van der Waals surface area (Å²) in [5.74, 6) is 0. The minimum absolute atomic E-state index is 0.103. The molecule has 0 aliphatic carbocycles. The first kappa shape index (κ1) is 19.1. The molecule has 124 valence electrons. The van der Waals surface area contributed by atoms with Crippen LogP contribution < -0.4 is 0 Å². The number of benzene rings is 1. The smallest absolute Gasteiger partial charge is 0.192 e. The third kappa shape index (κ3) is 6.47. The van der Waals surface area contributed by atoms with Gasteiger partial charge in [-0.3, -0.25) is 0 Å². The predicted molar refractivity (Wildman–Crippen MR) is 97.7 cm³/mol. The summed E-state index contributed by atoms with van der Waals surface area (Å²) in [4.78, 5) is 0. The Hall–Kier alpha value is -0.903. The van der Waals surface area contributed by atoms with Gasteiger partial charge in [0.25, 0.3) is 0 Å². The maximum absolute atomic E-state index is 8.93. The number of hydrogen-bond acceptors (Lipinski definition) is 2. The van der Waals surface area contributed by atoms with Crippen LogP contribution in [0.15, 0.2) is 42.5 Å². The molecule has 1 rings (SSSR count). The Labute approximate surface area is 137 Å². The highest BCUT2D eigenvalue weighted by atomic mass is 28.4. The van der Waals surface area contributed by atoms with Crippen molar-refractivity contribution in [3.63, 3.8) is 0 Å². The van der Waals surface area contributed by atoms with E-state index in [2.05, 4.69) is 64.2 Å². The second-order valence-corrected chi connectivity index (χ2v) is 12.2. The Kier molecular flexibility index (Phi) is 7.53. The summed E-state index contributed by atoms with van der Waals surface area (Å²) in [6.45, 7) is 11.5. The molecule has 0 saturated heterocycles. The number of rotatable bonds is 8. The Morgan fingerprint density at radius 3 is 2.32 bits per heavy atom. The van der Waals surface area contributed by atoms with Crippen LogP contribution in [-0.2, 0) is 10.8 Å². The van der Waals surface area contributed by atoms with Crippen LogP contribution in [0.25, 0.3) is 0 Å². The van der Waals surface area contributed by atoms with E-state index in [1.807, 2.05) is 12.2 Å². The molecule has 0 fully saturated rings. The Balaban J connectivity index is 2.69. The monoisotopic (exact) mass is 320 g/mol. The topological polar surface area (TPSA) is 29.5 Å². The van der Waals surface area contributed by atoms with Crippen molar-refractivity contribution in [2.75, 3.05) is 6.61 Å². The third-order valence-electron chi connectivity index (χ3n) is 4.54. The van der Waals surface area contributed by atoms with Crippen molar-refractivity contribution in [3.05, 3.63) is 48.0 Å². The van der Waals surface area contributed by atoms with E-state index in [-0.39, 0.29) is 17.7 Å². The summed E-state index contributed by atoms with van der Waals surface area (Å²) < 4.78 is 6.58. The van der Waals surface area contributed by atoms with Gasteiger partial charge in [0, 0.05) is 6.10 Å². The summed E-state index contributed by atoms with van der Waals surface area (Å²) >= 11 is 0. The molecule has 1 atom stereocenters. The first-order valence-electron chi connectivity index (χ1n) is 8.24. The first-order chi connectivity index (χ1) is 10.3. The van der Waals surface area contributed by atoms with E-state index >= 15 is 0 Å². The highest BCUT2D eigenvalue weighted by Gasteiger charge is 2.38. The molecular weight excluding hydrogens is 288 g/mol. The zero-order valence-electron chi connectivity index (χ0n) is 14.8.